The summed E-state index contributed by atoms with van der Waals surface area (Å²) in [4.78, 5) is 4.64. The van der Waals surface area contributed by atoms with E-state index in [-0.39, 0.29) is 0 Å². The van der Waals surface area contributed by atoms with Gasteiger partial charge in [0, 0.05) is 11.7 Å². The van der Waals surface area contributed by atoms with Crippen molar-refractivity contribution in [1.82, 2.24) is 19.3 Å². The van der Waals surface area contributed by atoms with Gasteiger partial charge >= 0.3 is 0 Å². The summed E-state index contributed by atoms with van der Waals surface area (Å²) in [6.07, 6.45) is 3.64. The van der Waals surface area contributed by atoms with Gasteiger partial charge in [-0.2, -0.15) is 0 Å². The molecule has 0 amide bonds. The Bertz CT molecular complexity index is 990. The van der Waals surface area contributed by atoms with Crippen LogP contribution in [0, 0.1) is 0 Å². The summed E-state index contributed by atoms with van der Waals surface area (Å²) in [5.41, 5.74) is 0.251. The summed E-state index contributed by atoms with van der Waals surface area (Å²) < 4.78 is 9.30. The van der Waals surface area contributed by atoms with Crippen molar-refractivity contribution < 1.29 is 9.52 Å². The standard InChI is InChI=1S/C19H20N4O2/c1-19(2,24)13-23-17(20-18(21-23)16-8-5-11-25-16)12-22-10-9-14-6-3-4-7-15(14)22/h3-11,24H,12-13H2,1-2H3. The Morgan fingerprint density at radius 1 is 1.12 bits per heavy atom. The molecule has 0 unspecified atom stereocenters. The van der Waals surface area contributed by atoms with Crippen molar-refractivity contribution in [2.75, 3.05) is 0 Å². The third-order valence-corrected chi connectivity index (χ3v) is 4.02. The fraction of sp³-hybridized carbons (Fsp3) is 0.263. The zero-order valence-electron chi connectivity index (χ0n) is 14.3. The van der Waals surface area contributed by atoms with Crippen LogP contribution in [0.15, 0.2) is 59.3 Å². The largest absolute Gasteiger partial charge is 0.461 e. The monoisotopic (exact) mass is 336 g/mol. The molecule has 1 N–H and O–H groups in total. The first kappa shape index (κ1) is 15.7. The van der Waals surface area contributed by atoms with Gasteiger partial charge in [0.05, 0.1) is 25.0 Å². The summed E-state index contributed by atoms with van der Waals surface area (Å²) >= 11 is 0. The van der Waals surface area contributed by atoms with Gasteiger partial charge in [-0.05, 0) is 43.5 Å². The molecule has 0 bridgehead atoms. The molecule has 0 aliphatic heterocycles. The molecule has 25 heavy (non-hydrogen) atoms. The number of aliphatic hydroxyl groups is 1. The SMILES string of the molecule is CC(C)(O)Cn1nc(-c2ccco2)nc1Cn1ccc2ccccc21. The van der Waals surface area contributed by atoms with Crippen LogP contribution < -0.4 is 0 Å². The third-order valence-electron chi connectivity index (χ3n) is 4.02. The van der Waals surface area contributed by atoms with E-state index in [9.17, 15) is 5.11 Å². The summed E-state index contributed by atoms with van der Waals surface area (Å²) in [5, 5.41) is 15.9. The Morgan fingerprint density at radius 2 is 1.96 bits per heavy atom. The molecule has 0 fully saturated rings. The molecule has 128 valence electrons. The van der Waals surface area contributed by atoms with Crippen molar-refractivity contribution in [3.8, 4) is 11.6 Å². The van der Waals surface area contributed by atoms with Gasteiger partial charge in [0.25, 0.3) is 0 Å². The van der Waals surface area contributed by atoms with Crippen LogP contribution in [0.2, 0.25) is 0 Å². The number of benzene rings is 1. The maximum atomic E-state index is 10.2. The first-order chi connectivity index (χ1) is 12.0. The van der Waals surface area contributed by atoms with Gasteiger partial charge in [-0.15, -0.1) is 5.10 Å². The summed E-state index contributed by atoms with van der Waals surface area (Å²) in [6, 6.07) is 13.9. The van der Waals surface area contributed by atoms with Crippen LogP contribution in [0.3, 0.4) is 0 Å². The Hall–Kier alpha value is -2.86. The second kappa shape index (κ2) is 5.89. The van der Waals surface area contributed by atoms with E-state index in [1.165, 1.54) is 5.39 Å². The molecule has 4 rings (SSSR count). The molecule has 0 saturated carbocycles. The number of para-hydroxylation sites is 1. The van der Waals surface area contributed by atoms with Crippen LogP contribution >= 0.6 is 0 Å². The van der Waals surface area contributed by atoms with E-state index >= 15 is 0 Å². The average molecular weight is 336 g/mol. The number of aromatic nitrogens is 4. The van der Waals surface area contributed by atoms with E-state index < -0.39 is 5.60 Å². The van der Waals surface area contributed by atoms with Gasteiger partial charge in [0.2, 0.25) is 5.82 Å². The van der Waals surface area contributed by atoms with Crippen molar-refractivity contribution in [3.63, 3.8) is 0 Å². The van der Waals surface area contributed by atoms with Gasteiger partial charge in [0.1, 0.15) is 5.82 Å². The first-order valence-corrected chi connectivity index (χ1v) is 8.23. The Balaban J connectivity index is 1.74. The van der Waals surface area contributed by atoms with Crippen molar-refractivity contribution in [1.29, 1.82) is 0 Å². The minimum atomic E-state index is -0.887. The normalized spacial score (nSPS) is 12.1. The second-order valence-electron chi connectivity index (χ2n) is 6.80. The smallest absolute Gasteiger partial charge is 0.217 e. The molecule has 0 aliphatic rings. The molecule has 0 atom stereocenters. The number of rotatable bonds is 5. The fourth-order valence-electron chi connectivity index (χ4n) is 2.93. The summed E-state index contributed by atoms with van der Waals surface area (Å²) in [6.45, 7) is 4.44. The minimum Gasteiger partial charge on any atom is -0.461 e. The highest BCUT2D eigenvalue weighted by molar-refractivity contribution is 5.79. The Kier molecular flexibility index (Phi) is 3.69. The quantitative estimate of drug-likeness (QED) is 0.607. The van der Waals surface area contributed by atoms with Crippen molar-refractivity contribution in [2.45, 2.75) is 32.5 Å². The first-order valence-electron chi connectivity index (χ1n) is 8.23. The summed E-state index contributed by atoms with van der Waals surface area (Å²) in [7, 11) is 0. The van der Waals surface area contributed by atoms with E-state index in [1.807, 2.05) is 30.5 Å². The lowest BCUT2D eigenvalue weighted by atomic mass is 10.1. The number of fused-ring (bicyclic) bond motifs is 1. The van der Waals surface area contributed by atoms with E-state index in [2.05, 4.69) is 32.8 Å². The van der Waals surface area contributed by atoms with Gasteiger partial charge in [-0.25, -0.2) is 9.67 Å². The molecule has 0 saturated heterocycles. The second-order valence-corrected chi connectivity index (χ2v) is 6.80. The molecular formula is C19H20N4O2. The van der Waals surface area contributed by atoms with Crippen molar-refractivity contribution >= 4 is 10.9 Å². The van der Waals surface area contributed by atoms with Crippen LogP contribution in [0.1, 0.15) is 19.7 Å². The predicted octanol–water partition coefficient (Wildman–Crippen LogP) is 3.31. The topological polar surface area (TPSA) is 69.0 Å². The lowest BCUT2D eigenvalue weighted by molar-refractivity contribution is 0.0566. The molecule has 3 aromatic heterocycles. The van der Waals surface area contributed by atoms with Crippen LogP contribution in [-0.2, 0) is 13.1 Å². The summed E-state index contributed by atoms with van der Waals surface area (Å²) in [5.74, 6) is 1.92. The Morgan fingerprint density at radius 3 is 2.72 bits per heavy atom. The van der Waals surface area contributed by atoms with Crippen LogP contribution in [0.25, 0.3) is 22.5 Å². The number of hydrogen-bond acceptors (Lipinski definition) is 4. The highest BCUT2D eigenvalue weighted by Crippen LogP contribution is 2.20. The van der Waals surface area contributed by atoms with Gasteiger partial charge in [0.15, 0.2) is 5.76 Å². The van der Waals surface area contributed by atoms with E-state index in [1.54, 1.807) is 24.8 Å². The molecule has 0 aliphatic carbocycles. The lowest BCUT2D eigenvalue weighted by Gasteiger charge is -2.18. The number of furan rings is 1. The molecule has 4 aromatic rings. The molecule has 3 heterocycles. The van der Waals surface area contributed by atoms with Gasteiger partial charge < -0.3 is 14.1 Å². The van der Waals surface area contributed by atoms with Crippen LogP contribution in [0.4, 0.5) is 0 Å². The molecule has 0 radical (unpaired) electrons. The molecule has 0 spiro atoms. The fourth-order valence-corrected chi connectivity index (χ4v) is 2.93. The zero-order chi connectivity index (χ0) is 17.4. The van der Waals surface area contributed by atoms with Gasteiger partial charge in [-0.1, -0.05) is 18.2 Å². The molecule has 1 aromatic carbocycles. The Labute approximate surface area is 145 Å². The molecule has 6 nitrogen and oxygen atoms in total. The van der Waals surface area contributed by atoms with Crippen molar-refractivity contribution in [3.05, 3.63) is 60.7 Å². The zero-order valence-corrected chi connectivity index (χ0v) is 14.3. The number of nitrogens with zero attached hydrogens (tertiary/aromatic N) is 4. The maximum absolute atomic E-state index is 10.2. The highest BCUT2D eigenvalue weighted by atomic mass is 16.3. The number of hydrogen-bond donors (Lipinski definition) is 1. The van der Waals surface area contributed by atoms with Crippen LogP contribution in [0.5, 0.6) is 0 Å². The molecule has 6 heteroatoms. The van der Waals surface area contributed by atoms with E-state index in [0.717, 1.165) is 11.3 Å². The maximum Gasteiger partial charge on any atom is 0.217 e. The average Bonchev–Trinajstić information content (AvgIpc) is 3.28. The van der Waals surface area contributed by atoms with E-state index in [0.29, 0.717) is 24.7 Å². The lowest BCUT2D eigenvalue weighted by Crippen LogP contribution is -2.28. The minimum absolute atomic E-state index is 0.356. The third kappa shape index (κ3) is 3.21. The van der Waals surface area contributed by atoms with Crippen molar-refractivity contribution in [2.24, 2.45) is 0 Å². The van der Waals surface area contributed by atoms with Gasteiger partial charge in [-0.3, -0.25) is 0 Å². The molecular weight excluding hydrogens is 316 g/mol. The predicted molar refractivity (Wildman–Crippen MR) is 95.1 cm³/mol. The van der Waals surface area contributed by atoms with E-state index in [4.69, 9.17) is 4.42 Å². The van der Waals surface area contributed by atoms with Crippen LogP contribution in [-0.4, -0.2) is 30.0 Å². The highest BCUT2D eigenvalue weighted by Gasteiger charge is 2.20.